The van der Waals surface area contributed by atoms with Gasteiger partial charge in [0.25, 0.3) is 0 Å². The van der Waals surface area contributed by atoms with Crippen LogP contribution in [0.15, 0.2) is 35.5 Å². The van der Waals surface area contributed by atoms with Crippen molar-refractivity contribution in [1.29, 1.82) is 0 Å². The maximum atomic E-state index is 3.15. The second-order valence-electron chi connectivity index (χ2n) is 2.77. The van der Waals surface area contributed by atoms with Gasteiger partial charge in [-0.25, -0.2) is 0 Å². The molecular formula is C12H21N. The molecule has 0 heterocycles. The Bertz CT molecular complexity index is 209. The lowest BCUT2D eigenvalue weighted by molar-refractivity contribution is 0.884. The number of rotatable bonds is 2. The van der Waals surface area contributed by atoms with E-state index in [-0.39, 0.29) is 0 Å². The average molecular weight is 179 g/mol. The highest BCUT2D eigenvalue weighted by Gasteiger charge is 1.98. The maximum Gasteiger partial charge on any atom is 0.0205 e. The number of allylic oxidation sites excluding steroid dienone is 4. The average Bonchev–Trinajstić information content (AvgIpc) is 2.36. The summed E-state index contributed by atoms with van der Waals surface area (Å²) in [6.45, 7) is 7.13. The van der Waals surface area contributed by atoms with E-state index < -0.39 is 0 Å². The fraction of sp³-hybridized carbons (Fsp3) is 0.500. The highest BCUT2D eigenvalue weighted by Crippen LogP contribution is 2.12. The second kappa shape index (κ2) is 7.81. The van der Waals surface area contributed by atoms with Crippen molar-refractivity contribution >= 4 is 0 Å². The minimum Gasteiger partial charge on any atom is -0.316 e. The van der Waals surface area contributed by atoms with Crippen molar-refractivity contribution in [2.24, 2.45) is 0 Å². The van der Waals surface area contributed by atoms with Crippen molar-refractivity contribution in [2.75, 3.05) is 13.6 Å². The van der Waals surface area contributed by atoms with Crippen LogP contribution in [0.25, 0.3) is 0 Å². The lowest BCUT2D eigenvalue weighted by atomic mass is 10.1. The highest BCUT2D eigenvalue weighted by atomic mass is 14.8. The van der Waals surface area contributed by atoms with E-state index in [0.29, 0.717) is 0 Å². The molecule has 1 aliphatic rings. The Hall–Kier alpha value is -0.820. The first-order valence-corrected chi connectivity index (χ1v) is 5.02. The van der Waals surface area contributed by atoms with Crippen LogP contribution in [0, 0.1) is 0 Å². The SMILES string of the molecule is CC.CNCC1=CC=CCC=C1C. The topological polar surface area (TPSA) is 12.0 Å². The number of nitrogens with one attached hydrogen (secondary N) is 1. The molecule has 0 aromatic carbocycles. The third-order valence-electron chi connectivity index (χ3n) is 1.87. The van der Waals surface area contributed by atoms with E-state index in [1.807, 2.05) is 20.9 Å². The maximum absolute atomic E-state index is 3.15. The van der Waals surface area contributed by atoms with E-state index >= 15 is 0 Å². The van der Waals surface area contributed by atoms with Gasteiger partial charge in [0.15, 0.2) is 0 Å². The van der Waals surface area contributed by atoms with Crippen molar-refractivity contribution in [3.05, 3.63) is 35.5 Å². The smallest absolute Gasteiger partial charge is 0.0205 e. The largest absolute Gasteiger partial charge is 0.316 e. The standard InChI is InChI=1S/C10H15N.C2H6/c1-9-6-4-3-5-7-10(9)8-11-2;1-2/h3,5-7,11H,4,8H2,1-2H3;1-2H3. The van der Waals surface area contributed by atoms with Gasteiger partial charge in [-0.1, -0.05) is 43.7 Å². The summed E-state index contributed by atoms with van der Waals surface area (Å²) in [4.78, 5) is 0. The zero-order chi connectivity index (χ0) is 10.1. The fourth-order valence-electron chi connectivity index (χ4n) is 1.16. The molecule has 0 saturated carbocycles. The molecule has 1 rings (SSSR count). The van der Waals surface area contributed by atoms with E-state index in [9.17, 15) is 0 Å². The third-order valence-corrected chi connectivity index (χ3v) is 1.87. The van der Waals surface area contributed by atoms with E-state index in [0.717, 1.165) is 13.0 Å². The van der Waals surface area contributed by atoms with Gasteiger partial charge in [-0.15, -0.1) is 0 Å². The van der Waals surface area contributed by atoms with Crippen LogP contribution in [0.2, 0.25) is 0 Å². The third kappa shape index (κ3) is 4.69. The number of likely N-dealkylation sites (N-methyl/N-ethyl adjacent to an activating group) is 1. The van der Waals surface area contributed by atoms with Crippen LogP contribution in [0.1, 0.15) is 27.2 Å². The lowest BCUT2D eigenvalue weighted by Crippen LogP contribution is -2.10. The summed E-state index contributed by atoms with van der Waals surface area (Å²) < 4.78 is 0. The second-order valence-corrected chi connectivity index (χ2v) is 2.77. The molecule has 0 saturated heterocycles. The van der Waals surface area contributed by atoms with Crippen LogP contribution in [-0.2, 0) is 0 Å². The molecule has 74 valence electrons. The molecule has 0 spiro atoms. The van der Waals surface area contributed by atoms with Crippen molar-refractivity contribution in [3.63, 3.8) is 0 Å². The van der Waals surface area contributed by atoms with Crippen LogP contribution in [0.3, 0.4) is 0 Å². The van der Waals surface area contributed by atoms with E-state index in [1.54, 1.807) is 0 Å². The Labute approximate surface area is 82.2 Å². The van der Waals surface area contributed by atoms with Crippen LogP contribution in [0.4, 0.5) is 0 Å². The summed E-state index contributed by atoms with van der Waals surface area (Å²) in [6.07, 6.45) is 9.80. The minimum absolute atomic E-state index is 0.965. The Morgan fingerprint density at radius 1 is 1.38 bits per heavy atom. The van der Waals surface area contributed by atoms with Crippen LogP contribution in [-0.4, -0.2) is 13.6 Å². The predicted molar refractivity (Wildman–Crippen MR) is 60.9 cm³/mol. The van der Waals surface area contributed by atoms with Crippen LogP contribution >= 0.6 is 0 Å². The molecule has 0 amide bonds. The molecule has 1 nitrogen and oxygen atoms in total. The number of hydrogen-bond donors (Lipinski definition) is 1. The summed E-state index contributed by atoms with van der Waals surface area (Å²) in [5.74, 6) is 0. The highest BCUT2D eigenvalue weighted by molar-refractivity contribution is 5.35. The zero-order valence-electron chi connectivity index (χ0n) is 9.22. The van der Waals surface area contributed by atoms with Gasteiger partial charge < -0.3 is 5.32 Å². The molecule has 0 aliphatic heterocycles. The summed E-state index contributed by atoms with van der Waals surface area (Å²) in [5.41, 5.74) is 2.78. The lowest BCUT2D eigenvalue weighted by Gasteiger charge is -2.04. The summed E-state index contributed by atoms with van der Waals surface area (Å²) >= 11 is 0. The fourth-order valence-corrected chi connectivity index (χ4v) is 1.16. The first kappa shape index (κ1) is 12.2. The Kier molecular flexibility index (Phi) is 7.32. The molecule has 1 N–H and O–H groups in total. The summed E-state index contributed by atoms with van der Waals surface area (Å²) in [6, 6.07) is 0. The quantitative estimate of drug-likeness (QED) is 0.687. The van der Waals surface area contributed by atoms with Crippen molar-refractivity contribution in [3.8, 4) is 0 Å². The van der Waals surface area contributed by atoms with Gasteiger partial charge in [-0.05, 0) is 26.0 Å². The molecule has 0 aromatic rings. The molecule has 0 bridgehead atoms. The van der Waals surface area contributed by atoms with Gasteiger partial charge in [-0.2, -0.15) is 0 Å². The number of hydrogen-bond acceptors (Lipinski definition) is 1. The molecule has 0 aromatic heterocycles. The first-order chi connectivity index (χ1) is 6.34. The Balaban J connectivity index is 0.000000671. The van der Waals surface area contributed by atoms with Crippen LogP contribution < -0.4 is 5.32 Å². The summed E-state index contributed by atoms with van der Waals surface area (Å²) in [5, 5.41) is 3.15. The summed E-state index contributed by atoms with van der Waals surface area (Å²) in [7, 11) is 1.97. The van der Waals surface area contributed by atoms with Gasteiger partial charge in [-0.3, -0.25) is 0 Å². The normalized spacial score (nSPS) is 15.1. The molecule has 1 heteroatoms. The van der Waals surface area contributed by atoms with Crippen LogP contribution in [0.5, 0.6) is 0 Å². The minimum atomic E-state index is 0.965. The molecule has 0 atom stereocenters. The van der Waals surface area contributed by atoms with Crippen molar-refractivity contribution in [1.82, 2.24) is 5.32 Å². The van der Waals surface area contributed by atoms with E-state index in [1.165, 1.54) is 11.1 Å². The Morgan fingerprint density at radius 3 is 2.69 bits per heavy atom. The molecule has 13 heavy (non-hydrogen) atoms. The molecule has 1 aliphatic carbocycles. The zero-order valence-corrected chi connectivity index (χ0v) is 9.22. The molecule has 0 radical (unpaired) electrons. The van der Waals surface area contributed by atoms with Gasteiger partial charge >= 0.3 is 0 Å². The Morgan fingerprint density at radius 2 is 2.08 bits per heavy atom. The van der Waals surface area contributed by atoms with E-state index in [4.69, 9.17) is 0 Å². The van der Waals surface area contributed by atoms with E-state index in [2.05, 4.69) is 36.5 Å². The van der Waals surface area contributed by atoms with Crippen molar-refractivity contribution < 1.29 is 0 Å². The monoisotopic (exact) mass is 179 g/mol. The molecule has 0 fully saturated rings. The van der Waals surface area contributed by atoms with Gasteiger partial charge in [0.1, 0.15) is 0 Å². The van der Waals surface area contributed by atoms with Gasteiger partial charge in [0, 0.05) is 6.54 Å². The molecular weight excluding hydrogens is 158 g/mol. The molecule has 0 unspecified atom stereocenters. The first-order valence-electron chi connectivity index (χ1n) is 5.02. The van der Waals surface area contributed by atoms with Crippen molar-refractivity contribution in [2.45, 2.75) is 27.2 Å². The predicted octanol–water partition coefficient (Wildman–Crippen LogP) is 3.06. The van der Waals surface area contributed by atoms with Gasteiger partial charge in [0.05, 0.1) is 0 Å². The van der Waals surface area contributed by atoms with Gasteiger partial charge in [0.2, 0.25) is 0 Å².